The fourth-order valence-corrected chi connectivity index (χ4v) is 1.05. The van der Waals surface area contributed by atoms with Gasteiger partial charge in [-0.15, -0.1) is 0 Å². The van der Waals surface area contributed by atoms with Crippen LogP contribution in [0.25, 0.3) is 0 Å². The topological polar surface area (TPSA) is 64.6 Å². The lowest BCUT2D eigenvalue weighted by atomic mass is 10.0. The van der Waals surface area contributed by atoms with Gasteiger partial charge in [0.15, 0.2) is 0 Å². The van der Waals surface area contributed by atoms with Crippen LogP contribution in [0.1, 0.15) is 34.6 Å². The predicted molar refractivity (Wildman–Crippen MR) is 64.5 cm³/mol. The summed E-state index contributed by atoms with van der Waals surface area (Å²) < 4.78 is 10.1. The Morgan fingerprint density at radius 3 is 2.18 bits per heavy atom. The molecule has 0 aromatic carbocycles. The van der Waals surface area contributed by atoms with E-state index in [4.69, 9.17) is 9.47 Å². The van der Waals surface area contributed by atoms with Crippen LogP contribution in [0, 0.1) is 5.92 Å². The van der Waals surface area contributed by atoms with Crippen LogP contribution in [0.15, 0.2) is 0 Å². The van der Waals surface area contributed by atoms with E-state index in [-0.39, 0.29) is 12.5 Å². The molecule has 1 unspecified atom stereocenters. The van der Waals surface area contributed by atoms with Crippen molar-refractivity contribution >= 4 is 11.9 Å². The van der Waals surface area contributed by atoms with Gasteiger partial charge in [-0.1, -0.05) is 13.8 Å². The lowest BCUT2D eigenvalue weighted by Crippen LogP contribution is -2.48. The van der Waals surface area contributed by atoms with Gasteiger partial charge in [0.25, 0.3) is 0 Å². The van der Waals surface area contributed by atoms with E-state index in [0.717, 1.165) is 0 Å². The Morgan fingerprint density at radius 1 is 1.29 bits per heavy atom. The van der Waals surface area contributed by atoms with E-state index in [1.165, 1.54) is 0 Å². The number of ether oxygens (including phenoxy) is 2. The number of carbonyl (C=O) groups is 2. The molecule has 0 aromatic rings. The molecular weight excluding hydrogens is 222 g/mol. The molecular formula is C12H23NO4. The summed E-state index contributed by atoms with van der Waals surface area (Å²) in [5.74, 6) is -1.08. The van der Waals surface area contributed by atoms with Gasteiger partial charge in [0.05, 0.1) is 6.61 Å². The van der Waals surface area contributed by atoms with Gasteiger partial charge < -0.3 is 14.8 Å². The van der Waals surface area contributed by atoms with E-state index >= 15 is 0 Å². The van der Waals surface area contributed by atoms with Crippen LogP contribution >= 0.6 is 0 Å². The largest absolute Gasteiger partial charge is 0.463 e. The zero-order valence-corrected chi connectivity index (χ0v) is 11.5. The SMILES string of the molecule is CCOC(=O)C(OC(=O)C(C)(C)NC)C(C)C. The van der Waals surface area contributed by atoms with Gasteiger partial charge >= 0.3 is 11.9 Å². The second-order valence-corrected chi connectivity index (χ2v) is 4.70. The first-order valence-electron chi connectivity index (χ1n) is 5.82. The van der Waals surface area contributed by atoms with E-state index in [2.05, 4.69) is 5.32 Å². The molecule has 0 saturated carbocycles. The number of hydrogen-bond donors (Lipinski definition) is 1. The van der Waals surface area contributed by atoms with Crippen LogP contribution < -0.4 is 5.32 Å². The molecule has 0 radical (unpaired) electrons. The van der Waals surface area contributed by atoms with Gasteiger partial charge in [-0.2, -0.15) is 0 Å². The number of carbonyl (C=O) groups excluding carboxylic acids is 2. The van der Waals surface area contributed by atoms with Crippen molar-refractivity contribution in [1.29, 1.82) is 0 Å². The molecule has 0 aliphatic carbocycles. The molecule has 0 rings (SSSR count). The Bertz CT molecular complexity index is 274. The van der Waals surface area contributed by atoms with Gasteiger partial charge in [-0.3, -0.25) is 4.79 Å². The van der Waals surface area contributed by atoms with Crippen molar-refractivity contribution in [1.82, 2.24) is 5.32 Å². The summed E-state index contributed by atoms with van der Waals surface area (Å²) in [5, 5.41) is 2.83. The molecule has 5 heteroatoms. The van der Waals surface area contributed by atoms with Crippen molar-refractivity contribution < 1.29 is 19.1 Å². The van der Waals surface area contributed by atoms with Crippen molar-refractivity contribution in [3.8, 4) is 0 Å². The van der Waals surface area contributed by atoms with E-state index < -0.39 is 23.6 Å². The molecule has 1 atom stereocenters. The smallest absolute Gasteiger partial charge is 0.347 e. The van der Waals surface area contributed by atoms with Crippen LogP contribution in [0.4, 0.5) is 0 Å². The molecule has 1 N–H and O–H groups in total. The minimum atomic E-state index is -0.852. The summed E-state index contributed by atoms with van der Waals surface area (Å²) in [6.45, 7) is 8.99. The quantitative estimate of drug-likeness (QED) is 0.710. The molecule has 0 spiro atoms. The Morgan fingerprint density at radius 2 is 1.82 bits per heavy atom. The summed E-state index contributed by atoms with van der Waals surface area (Å²) >= 11 is 0. The van der Waals surface area contributed by atoms with Crippen molar-refractivity contribution in [3.63, 3.8) is 0 Å². The van der Waals surface area contributed by atoms with Crippen LogP contribution in [0.2, 0.25) is 0 Å². The molecule has 0 fully saturated rings. The maximum Gasteiger partial charge on any atom is 0.347 e. The first kappa shape index (κ1) is 15.9. The Kier molecular flexibility index (Phi) is 6.16. The van der Waals surface area contributed by atoms with Gasteiger partial charge in [0.2, 0.25) is 6.10 Å². The second kappa shape index (κ2) is 6.59. The Hall–Kier alpha value is -1.10. The fourth-order valence-electron chi connectivity index (χ4n) is 1.05. The van der Waals surface area contributed by atoms with Crippen LogP contribution in [0.3, 0.4) is 0 Å². The highest BCUT2D eigenvalue weighted by Crippen LogP contribution is 2.13. The van der Waals surface area contributed by atoms with Crippen LogP contribution in [0.5, 0.6) is 0 Å². The normalized spacial score (nSPS) is 13.4. The fraction of sp³-hybridized carbons (Fsp3) is 0.833. The summed E-state index contributed by atoms with van der Waals surface area (Å²) in [4.78, 5) is 23.4. The molecule has 17 heavy (non-hydrogen) atoms. The standard InChI is InChI=1S/C12H23NO4/c1-7-16-10(14)9(8(2)3)17-11(15)12(4,5)13-6/h8-9,13H,7H2,1-6H3. The molecule has 100 valence electrons. The van der Waals surface area contributed by atoms with Gasteiger partial charge in [-0.05, 0) is 27.8 Å². The number of esters is 2. The lowest BCUT2D eigenvalue weighted by Gasteiger charge is -2.26. The van der Waals surface area contributed by atoms with E-state index in [1.54, 1.807) is 41.7 Å². The minimum absolute atomic E-state index is 0.120. The Labute approximate surface area is 103 Å². The van der Waals surface area contributed by atoms with Gasteiger partial charge in [-0.25, -0.2) is 4.79 Å². The zero-order valence-electron chi connectivity index (χ0n) is 11.5. The third kappa shape index (κ3) is 4.73. The minimum Gasteiger partial charge on any atom is -0.463 e. The summed E-state index contributed by atoms with van der Waals surface area (Å²) in [6.07, 6.45) is -0.852. The van der Waals surface area contributed by atoms with Gasteiger partial charge in [0.1, 0.15) is 5.54 Å². The van der Waals surface area contributed by atoms with Crippen molar-refractivity contribution in [2.75, 3.05) is 13.7 Å². The van der Waals surface area contributed by atoms with E-state index in [0.29, 0.717) is 0 Å². The van der Waals surface area contributed by atoms with Crippen molar-refractivity contribution in [3.05, 3.63) is 0 Å². The van der Waals surface area contributed by atoms with Crippen molar-refractivity contribution in [2.24, 2.45) is 5.92 Å². The second-order valence-electron chi connectivity index (χ2n) is 4.70. The Balaban J connectivity index is 4.67. The molecule has 0 bridgehead atoms. The average molecular weight is 245 g/mol. The van der Waals surface area contributed by atoms with Crippen LogP contribution in [-0.4, -0.2) is 37.2 Å². The highest BCUT2D eigenvalue weighted by atomic mass is 16.6. The summed E-state index contributed by atoms with van der Waals surface area (Å²) in [5.41, 5.74) is -0.820. The van der Waals surface area contributed by atoms with E-state index in [1.807, 2.05) is 0 Å². The number of hydrogen-bond acceptors (Lipinski definition) is 5. The maximum atomic E-state index is 11.8. The number of nitrogens with one attached hydrogen (secondary N) is 1. The van der Waals surface area contributed by atoms with Gasteiger partial charge in [0, 0.05) is 5.92 Å². The molecule has 0 heterocycles. The monoisotopic (exact) mass is 245 g/mol. The molecule has 0 amide bonds. The summed E-state index contributed by atoms with van der Waals surface area (Å²) in [6, 6.07) is 0. The highest BCUT2D eigenvalue weighted by molar-refractivity contribution is 5.84. The van der Waals surface area contributed by atoms with Crippen molar-refractivity contribution in [2.45, 2.75) is 46.3 Å². The maximum absolute atomic E-state index is 11.8. The molecule has 0 aromatic heterocycles. The zero-order chi connectivity index (χ0) is 13.6. The molecule has 0 aliphatic rings. The predicted octanol–water partition coefficient (Wildman–Crippen LogP) is 1.12. The van der Waals surface area contributed by atoms with Crippen LogP contribution in [-0.2, 0) is 19.1 Å². The third-order valence-electron chi connectivity index (χ3n) is 2.49. The van der Waals surface area contributed by atoms with E-state index in [9.17, 15) is 9.59 Å². The molecule has 0 saturated heterocycles. The molecule has 5 nitrogen and oxygen atoms in total. The highest BCUT2D eigenvalue weighted by Gasteiger charge is 2.34. The third-order valence-corrected chi connectivity index (χ3v) is 2.49. The molecule has 0 aliphatic heterocycles. The average Bonchev–Trinajstić information content (AvgIpc) is 2.25. The lowest BCUT2D eigenvalue weighted by molar-refractivity contribution is -0.174. The first-order valence-corrected chi connectivity index (χ1v) is 5.82. The summed E-state index contributed by atoms with van der Waals surface area (Å²) in [7, 11) is 1.66. The first-order chi connectivity index (χ1) is 7.76. The number of likely N-dealkylation sites (N-methyl/N-ethyl adjacent to an activating group) is 1. The number of rotatable bonds is 6.